The summed E-state index contributed by atoms with van der Waals surface area (Å²) < 4.78 is 0. The van der Waals surface area contributed by atoms with Gasteiger partial charge in [0.2, 0.25) is 5.95 Å². The van der Waals surface area contributed by atoms with Crippen LogP contribution in [0.5, 0.6) is 0 Å². The molecule has 3 aromatic rings. The molecule has 0 bridgehead atoms. The molecule has 0 aliphatic carbocycles. The minimum absolute atomic E-state index is 0.0128. The summed E-state index contributed by atoms with van der Waals surface area (Å²) >= 11 is 1.44. The van der Waals surface area contributed by atoms with Gasteiger partial charge in [0, 0.05) is 36.4 Å². The Kier molecular flexibility index (Phi) is 6.55. The van der Waals surface area contributed by atoms with Crippen LogP contribution in [0, 0.1) is 0 Å². The number of amides is 1. The molecule has 1 aliphatic rings. The summed E-state index contributed by atoms with van der Waals surface area (Å²) in [6.07, 6.45) is 4.35. The average molecular weight is 448 g/mol. The van der Waals surface area contributed by atoms with E-state index in [2.05, 4.69) is 53.5 Å². The third kappa shape index (κ3) is 5.73. The maximum Gasteiger partial charge on any atom is 0.261 e. The first-order valence-electron chi connectivity index (χ1n) is 10.9. The van der Waals surface area contributed by atoms with Crippen LogP contribution >= 0.6 is 11.3 Å². The number of benzene rings is 1. The quantitative estimate of drug-likeness (QED) is 0.492. The normalized spacial score (nSPS) is 17.4. The Morgan fingerprint density at radius 1 is 1.22 bits per heavy atom. The fourth-order valence-corrected chi connectivity index (χ4v) is 4.96. The van der Waals surface area contributed by atoms with Crippen molar-refractivity contribution in [2.24, 2.45) is 0 Å². The standard InChI is InChI=1S/C25H29N5OS/c1-17-15-19(16-25(2,3)30-17)28-24-27-14-12-20(29-24)21-9-10-22(32-21)23(31)26-13-11-18-7-5-4-6-8-18/h4-10,12,14,19,30H,1,11,13,15-16H2,2-3H3,(H,26,31)(H,27,28,29). The van der Waals surface area contributed by atoms with Gasteiger partial charge in [-0.3, -0.25) is 4.79 Å². The zero-order valence-electron chi connectivity index (χ0n) is 18.5. The molecular formula is C25H29N5OS. The Morgan fingerprint density at radius 3 is 2.81 bits per heavy atom. The molecule has 0 radical (unpaired) electrons. The van der Waals surface area contributed by atoms with Crippen molar-refractivity contribution in [2.45, 2.75) is 44.7 Å². The van der Waals surface area contributed by atoms with E-state index in [1.807, 2.05) is 36.4 Å². The van der Waals surface area contributed by atoms with Gasteiger partial charge >= 0.3 is 0 Å². The Balaban J connectivity index is 1.37. The second kappa shape index (κ2) is 9.53. The number of rotatable bonds is 7. The van der Waals surface area contributed by atoms with Gasteiger partial charge in [-0.2, -0.15) is 0 Å². The van der Waals surface area contributed by atoms with E-state index in [1.165, 1.54) is 16.9 Å². The predicted molar refractivity (Wildman–Crippen MR) is 131 cm³/mol. The van der Waals surface area contributed by atoms with Crippen LogP contribution in [0.2, 0.25) is 0 Å². The third-order valence-electron chi connectivity index (χ3n) is 5.38. The first-order chi connectivity index (χ1) is 15.4. The molecule has 166 valence electrons. The van der Waals surface area contributed by atoms with Crippen molar-refractivity contribution in [3.8, 4) is 10.6 Å². The number of nitrogens with one attached hydrogen (secondary N) is 3. The summed E-state index contributed by atoms with van der Waals surface area (Å²) in [6.45, 7) is 9.04. The highest BCUT2D eigenvalue weighted by Gasteiger charge is 2.29. The maximum atomic E-state index is 12.5. The Hall–Kier alpha value is -3.19. The lowest BCUT2D eigenvalue weighted by Gasteiger charge is -2.38. The fourth-order valence-electron chi connectivity index (χ4n) is 4.07. The molecule has 0 saturated carbocycles. The third-order valence-corrected chi connectivity index (χ3v) is 6.48. The van der Waals surface area contributed by atoms with E-state index in [4.69, 9.17) is 4.98 Å². The summed E-state index contributed by atoms with van der Waals surface area (Å²) in [4.78, 5) is 23.2. The van der Waals surface area contributed by atoms with Crippen molar-refractivity contribution >= 4 is 23.2 Å². The number of thiophene rings is 1. The maximum absolute atomic E-state index is 12.5. The van der Waals surface area contributed by atoms with Crippen molar-refractivity contribution in [1.82, 2.24) is 20.6 Å². The summed E-state index contributed by atoms with van der Waals surface area (Å²) in [5, 5.41) is 9.89. The van der Waals surface area contributed by atoms with Crippen molar-refractivity contribution in [2.75, 3.05) is 11.9 Å². The van der Waals surface area contributed by atoms with Gasteiger partial charge in [0.15, 0.2) is 0 Å². The molecule has 3 N–H and O–H groups in total. The van der Waals surface area contributed by atoms with Crippen molar-refractivity contribution in [3.63, 3.8) is 0 Å². The van der Waals surface area contributed by atoms with Crippen LogP contribution in [-0.2, 0) is 6.42 Å². The first kappa shape index (κ1) is 22.0. The molecule has 1 saturated heterocycles. The van der Waals surface area contributed by atoms with E-state index < -0.39 is 0 Å². The number of carbonyl (C=O) groups excluding carboxylic acids is 1. The highest BCUT2D eigenvalue weighted by molar-refractivity contribution is 7.17. The monoisotopic (exact) mass is 447 g/mol. The van der Waals surface area contributed by atoms with Gasteiger partial charge in [-0.1, -0.05) is 36.9 Å². The average Bonchev–Trinajstić information content (AvgIpc) is 3.24. The van der Waals surface area contributed by atoms with Crippen LogP contribution in [0.4, 0.5) is 5.95 Å². The van der Waals surface area contributed by atoms with Crippen molar-refractivity contribution in [1.29, 1.82) is 0 Å². The van der Waals surface area contributed by atoms with Gasteiger partial charge < -0.3 is 16.0 Å². The number of hydrogen-bond donors (Lipinski definition) is 3. The summed E-state index contributed by atoms with van der Waals surface area (Å²) in [7, 11) is 0. The highest BCUT2D eigenvalue weighted by atomic mass is 32.1. The number of anilines is 1. The Bertz CT molecular complexity index is 1090. The number of hydrogen-bond acceptors (Lipinski definition) is 6. The van der Waals surface area contributed by atoms with Crippen LogP contribution in [0.25, 0.3) is 10.6 Å². The lowest BCUT2D eigenvalue weighted by atomic mass is 9.88. The molecule has 1 amide bonds. The van der Waals surface area contributed by atoms with E-state index in [1.54, 1.807) is 6.20 Å². The van der Waals surface area contributed by atoms with Gasteiger partial charge in [0.05, 0.1) is 15.4 Å². The van der Waals surface area contributed by atoms with E-state index >= 15 is 0 Å². The molecule has 1 fully saturated rings. The SMILES string of the molecule is C=C1CC(Nc2nccc(-c3ccc(C(=O)NCCc4ccccc4)s3)n2)CC(C)(C)N1. The summed E-state index contributed by atoms with van der Waals surface area (Å²) in [5.41, 5.74) is 3.03. The van der Waals surface area contributed by atoms with Crippen molar-refractivity contribution < 1.29 is 4.79 Å². The molecule has 1 atom stereocenters. The van der Waals surface area contributed by atoms with Gasteiger partial charge in [0.1, 0.15) is 0 Å². The molecule has 0 spiro atoms. The molecule has 6 nitrogen and oxygen atoms in total. The molecule has 2 aromatic heterocycles. The molecule has 32 heavy (non-hydrogen) atoms. The van der Waals surface area contributed by atoms with Crippen LogP contribution < -0.4 is 16.0 Å². The largest absolute Gasteiger partial charge is 0.384 e. The van der Waals surface area contributed by atoms with Gasteiger partial charge in [0.25, 0.3) is 5.91 Å². The van der Waals surface area contributed by atoms with E-state index in [9.17, 15) is 4.79 Å². The van der Waals surface area contributed by atoms with E-state index in [0.29, 0.717) is 17.4 Å². The van der Waals surface area contributed by atoms with Crippen LogP contribution in [0.1, 0.15) is 41.9 Å². The molecule has 1 aromatic carbocycles. The lowest BCUT2D eigenvalue weighted by Crippen LogP contribution is -2.48. The van der Waals surface area contributed by atoms with E-state index in [-0.39, 0.29) is 17.5 Å². The highest BCUT2D eigenvalue weighted by Crippen LogP contribution is 2.28. The first-order valence-corrected chi connectivity index (χ1v) is 11.7. The summed E-state index contributed by atoms with van der Waals surface area (Å²) in [5.74, 6) is 0.542. The Labute approximate surface area is 193 Å². The van der Waals surface area contributed by atoms with Crippen molar-refractivity contribution in [3.05, 3.63) is 77.4 Å². The van der Waals surface area contributed by atoms with Crippen LogP contribution in [0.3, 0.4) is 0 Å². The second-order valence-corrected chi connectivity index (χ2v) is 9.87. The Morgan fingerprint density at radius 2 is 2.03 bits per heavy atom. The van der Waals surface area contributed by atoms with Gasteiger partial charge in [-0.25, -0.2) is 9.97 Å². The predicted octanol–water partition coefficient (Wildman–Crippen LogP) is 4.63. The summed E-state index contributed by atoms with van der Waals surface area (Å²) in [6, 6.07) is 16.0. The van der Waals surface area contributed by atoms with Gasteiger partial charge in [-0.15, -0.1) is 11.3 Å². The zero-order valence-corrected chi connectivity index (χ0v) is 19.3. The number of carbonyl (C=O) groups is 1. The minimum atomic E-state index is -0.0555. The molecule has 4 rings (SSSR count). The fraction of sp³-hybridized carbons (Fsp3) is 0.320. The zero-order chi connectivity index (χ0) is 22.6. The van der Waals surface area contributed by atoms with Gasteiger partial charge in [-0.05, 0) is 50.5 Å². The molecule has 7 heteroatoms. The molecule has 1 aliphatic heterocycles. The minimum Gasteiger partial charge on any atom is -0.384 e. The molecule has 3 heterocycles. The van der Waals surface area contributed by atoms with Crippen LogP contribution in [0.15, 0.2) is 67.0 Å². The van der Waals surface area contributed by atoms with E-state index in [0.717, 1.165) is 35.5 Å². The lowest BCUT2D eigenvalue weighted by molar-refractivity contribution is 0.0958. The number of aromatic nitrogens is 2. The van der Waals surface area contributed by atoms with Crippen LogP contribution in [-0.4, -0.2) is 34.0 Å². The molecular weight excluding hydrogens is 418 g/mol. The smallest absolute Gasteiger partial charge is 0.261 e. The second-order valence-electron chi connectivity index (χ2n) is 8.78. The molecule has 1 unspecified atom stereocenters. The topological polar surface area (TPSA) is 78.9 Å². The number of nitrogens with zero attached hydrogens (tertiary/aromatic N) is 2. The number of piperidine rings is 1.